The Kier molecular flexibility index (Phi) is 5.82. The Labute approximate surface area is 120 Å². The average molecular weight is 280 g/mol. The van der Waals surface area contributed by atoms with E-state index in [0.29, 0.717) is 11.7 Å². The van der Waals surface area contributed by atoms with Gasteiger partial charge < -0.3 is 20.1 Å². The molecule has 1 unspecified atom stereocenters. The van der Waals surface area contributed by atoms with E-state index in [9.17, 15) is 9.90 Å². The fourth-order valence-corrected chi connectivity index (χ4v) is 1.93. The van der Waals surface area contributed by atoms with E-state index in [1.807, 2.05) is 19.0 Å². The summed E-state index contributed by atoms with van der Waals surface area (Å²) in [5.41, 5.74) is 0.230. The van der Waals surface area contributed by atoms with Crippen molar-refractivity contribution in [2.24, 2.45) is 5.92 Å². The summed E-state index contributed by atoms with van der Waals surface area (Å²) in [7, 11) is 5.38. The lowest BCUT2D eigenvalue weighted by Crippen LogP contribution is -2.45. The van der Waals surface area contributed by atoms with Crippen LogP contribution in [0, 0.1) is 5.92 Å². The minimum absolute atomic E-state index is 0.0168. The van der Waals surface area contributed by atoms with Gasteiger partial charge in [0.25, 0.3) is 5.91 Å². The minimum Gasteiger partial charge on any atom is -0.504 e. The first-order valence-electron chi connectivity index (χ1n) is 6.68. The topological polar surface area (TPSA) is 61.8 Å². The van der Waals surface area contributed by atoms with Crippen LogP contribution in [0.25, 0.3) is 0 Å². The van der Waals surface area contributed by atoms with Crippen molar-refractivity contribution in [3.05, 3.63) is 23.8 Å². The van der Waals surface area contributed by atoms with E-state index in [4.69, 9.17) is 4.74 Å². The van der Waals surface area contributed by atoms with Gasteiger partial charge >= 0.3 is 0 Å². The molecular weight excluding hydrogens is 256 g/mol. The zero-order valence-corrected chi connectivity index (χ0v) is 12.8. The van der Waals surface area contributed by atoms with Crippen LogP contribution in [0.5, 0.6) is 11.5 Å². The highest BCUT2D eigenvalue weighted by Gasteiger charge is 2.21. The van der Waals surface area contributed by atoms with E-state index in [0.717, 1.165) is 6.54 Å². The molecule has 1 amide bonds. The summed E-state index contributed by atoms with van der Waals surface area (Å²) in [4.78, 5) is 14.3. The van der Waals surface area contributed by atoms with E-state index >= 15 is 0 Å². The Balaban J connectivity index is 2.89. The number of nitrogens with zero attached hydrogens (tertiary/aromatic N) is 1. The lowest BCUT2D eigenvalue weighted by molar-refractivity contribution is 0.0913. The molecule has 0 fully saturated rings. The molecule has 0 saturated heterocycles. The minimum atomic E-state index is -0.290. The van der Waals surface area contributed by atoms with Gasteiger partial charge in [-0.05, 0) is 32.1 Å². The van der Waals surface area contributed by atoms with Gasteiger partial charge in [0.05, 0.1) is 12.7 Å². The lowest BCUT2D eigenvalue weighted by Gasteiger charge is -2.25. The molecule has 1 aromatic carbocycles. The number of hydrogen-bond acceptors (Lipinski definition) is 4. The van der Waals surface area contributed by atoms with Crippen LogP contribution in [-0.2, 0) is 0 Å². The zero-order chi connectivity index (χ0) is 15.3. The SMILES string of the molecule is COc1cccc(C(=O)NC(CN(C)C)C(C)C)c1O. The Morgan fingerprint density at radius 3 is 2.55 bits per heavy atom. The molecular formula is C15H24N2O3. The summed E-state index contributed by atoms with van der Waals surface area (Å²) in [6.07, 6.45) is 0. The maximum absolute atomic E-state index is 12.3. The van der Waals surface area contributed by atoms with Crippen molar-refractivity contribution in [1.29, 1.82) is 0 Å². The number of carbonyl (C=O) groups excluding carboxylic acids is 1. The molecule has 1 aromatic rings. The van der Waals surface area contributed by atoms with Gasteiger partial charge in [-0.3, -0.25) is 4.79 Å². The average Bonchev–Trinajstić information content (AvgIpc) is 2.37. The normalized spacial score (nSPS) is 12.6. The molecule has 0 saturated carbocycles. The summed E-state index contributed by atoms with van der Waals surface area (Å²) >= 11 is 0. The fourth-order valence-electron chi connectivity index (χ4n) is 1.93. The lowest BCUT2D eigenvalue weighted by atomic mass is 10.0. The number of rotatable bonds is 6. The number of aromatic hydroxyl groups is 1. The third-order valence-corrected chi connectivity index (χ3v) is 3.15. The molecule has 2 N–H and O–H groups in total. The van der Waals surface area contributed by atoms with Gasteiger partial charge in [0.15, 0.2) is 11.5 Å². The first-order valence-corrected chi connectivity index (χ1v) is 6.68. The van der Waals surface area contributed by atoms with Crippen molar-refractivity contribution < 1.29 is 14.6 Å². The number of hydrogen-bond donors (Lipinski definition) is 2. The molecule has 0 radical (unpaired) electrons. The predicted molar refractivity (Wildman–Crippen MR) is 79.3 cm³/mol. The van der Waals surface area contributed by atoms with Crippen LogP contribution in [0.2, 0.25) is 0 Å². The maximum atomic E-state index is 12.3. The van der Waals surface area contributed by atoms with Crippen molar-refractivity contribution in [3.8, 4) is 11.5 Å². The standard InChI is InChI=1S/C15H24N2O3/c1-10(2)12(9-17(3)4)16-15(19)11-7-6-8-13(20-5)14(11)18/h6-8,10,12,18H,9H2,1-5H3,(H,16,19). The van der Waals surface area contributed by atoms with Crippen LogP contribution in [0.1, 0.15) is 24.2 Å². The van der Waals surface area contributed by atoms with Gasteiger partial charge in [-0.1, -0.05) is 19.9 Å². The highest BCUT2D eigenvalue weighted by Crippen LogP contribution is 2.29. The number of para-hydroxylation sites is 1. The molecule has 0 aliphatic carbocycles. The second-order valence-corrected chi connectivity index (χ2v) is 5.44. The Morgan fingerprint density at radius 1 is 1.40 bits per heavy atom. The van der Waals surface area contributed by atoms with Crippen LogP contribution in [0.15, 0.2) is 18.2 Å². The van der Waals surface area contributed by atoms with Gasteiger partial charge in [-0.25, -0.2) is 0 Å². The van der Waals surface area contributed by atoms with Crippen LogP contribution < -0.4 is 10.1 Å². The van der Waals surface area contributed by atoms with Crippen LogP contribution in [0.3, 0.4) is 0 Å². The van der Waals surface area contributed by atoms with Crippen molar-refractivity contribution in [1.82, 2.24) is 10.2 Å². The molecule has 0 bridgehead atoms. The van der Waals surface area contributed by atoms with E-state index in [2.05, 4.69) is 19.2 Å². The molecule has 0 aliphatic rings. The summed E-state index contributed by atoms with van der Waals surface area (Å²) in [6, 6.07) is 4.90. The Bertz CT molecular complexity index is 458. The Hall–Kier alpha value is -1.75. The largest absolute Gasteiger partial charge is 0.504 e. The molecule has 112 valence electrons. The van der Waals surface area contributed by atoms with Gasteiger partial charge in [-0.2, -0.15) is 0 Å². The van der Waals surface area contributed by atoms with E-state index in [-0.39, 0.29) is 23.3 Å². The molecule has 0 aromatic heterocycles. The molecule has 5 heteroatoms. The molecule has 0 heterocycles. The Morgan fingerprint density at radius 2 is 2.05 bits per heavy atom. The van der Waals surface area contributed by atoms with Gasteiger partial charge in [-0.15, -0.1) is 0 Å². The third-order valence-electron chi connectivity index (χ3n) is 3.15. The number of nitrogens with one attached hydrogen (secondary N) is 1. The predicted octanol–water partition coefficient (Wildman–Crippen LogP) is 1.72. The smallest absolute Gasteiger partial charge is 0.255 e. The van der Waals surface area contributed by atoms with Gasteiger partial charge in [0.1, 0.15) is 0 Å². The van der Waals surface area contributed by atoms with Crippen molar-refractivity contribution in [3.63, 3.8) is 0 Å². The first kappa shape index (κ1) is 16.3. The summed E-state index contributed by atoms with van der Waals surface area (Å²) < 4.78 is 5.01. The molecule has 20 heavy (non-hydrogen) atoms. The molecule has 1 atom stereocenters. The molecule has 0 aliphatic heterocycles. The number of likely N-dealkylation sites (N-methyl/N-ethyl adjacent to an activating group) is 1. The zero-order valence-electron chi connectivity index (χ0n) is 12.8. The van der Waals surface area contributed by atoms with Crippen LogP contribution in [-0.4, -0.2) is 49.7 Å². The maximum Gasteiger partial charge on any atom is 0.255 e. The highest BCUT2D eigenvalue weighted by atomic mass is 16.5. The third kappa shape index (κ3) is 4.13. The van der Waals surface area contributed by atoms with Crippen molar-refractivity contribution in [2.75, 3.05) is 27.7 Å². The number of ether oxygens (including phenoxy) is 1. The monoisotopic (exact) mass is 280 g/mol. The second-order valence-electron chi connectivity index (χ2n) is 5.44. The number of carbonyl (C=O) groups is 1. The number of benzene rings is 1. The first-order chi connectivity index (χ1) is 9.36. The number of phenols is 1. The van der Waals surface area contributed by atoms with Crippen molar-refractivity contribution in [2.45, 2.75) is 19.9 Å². The van der Waals surface area contributed by atoms with Crippen LogP contribution in [0.4, 0.5) is 0 Å². The summed E-state index contributed by atoms with van der Waals surface area (Å²) in [5, 5.41) is 13.0. The van der Waals surface area contributed by atoms with E-state index < -0.39 is 0 Å². The number of amides is 1. The number of phenolic OH excluding ortho intramolecular Hbond substituents is 1. The van der Waals surface area contributed by atoms with Crippen LogP contribution >= 0.6 is 0 Å². The molecule has 0 spiro atoms. The highest BCUT2D eigenvalue weighted by molar-refractivity contribution is 5.97. The quantitative estimate of drug-likeness (QED) is 0.833. The summed E-state index contributed by atoms with van der Waals surface area (Å²) in [6.45, 7) is 4.86. The molecule has 1 rings (SSSR count). The summed E-state index contributed by atoms with van der Waals surface area (Å²) in [5.74, 6) is 0.183. The van der Waals surface area contributed by atoms with E-state index in [1.165, 1.54) is 7.11 Å². The molecule has 5 nitrogen and oxygen atoms in total. The van der Waals surface area contributed by atoms with Gasteiger partial charge in [0, 0.05) is 12.6 Å². The fraction of sp³-hybridized carbons (Fsp3) is 0.533. The van der Waals surface area contributed by atoms with Crippen molar-refractivity contribution >= 4 is 5.91 Å². The van der Waals surface area contributed by atoms with Gasteiger partial charge in [0.2, 0.25) is 0 Å². The number of methoxy groups -OCH3 is 1. The van der Waals surface area contributed by atoms with E-state index in [1.54, 1.807) is 18.2 Å². The second kappa shape index (κ2) is 7.14.